The maximum atomic E-state index is 4.58. The average molecular weight is 198 g/mol. The smallest absolute Gasteiger partial charge is 0.0928 e. The number of rotatable bonds is 5. The Morgan fingerprint density at radius 2 is 2.00 bits per heavy atom. The van der Waals surface area contributed by atoms with Crippen LogP contribution in [-0.2, 0) is 19.4 Å². The number of nitrogens with one attached hydrogen (secondary N) is 1. The maximum absolute atomic E-state index is 4.58. The van der Waals surface area contributed by atoms with E-state index in [0.717, 1.165) is 25.9 Å². The van der Waals surface area contributed by atoms with Crippen LogP contribution in [0.5, 0.6) is 0 Å². The fourth-order valence-corrected chi connectivity index (χ4v) is 2.31. The van der Waals surface area contributed by atoms with Gasteiger partial charge in [-0.2, -0.15) is 0 Å². The molecule has 0 radical (unpaired) electrons. The number of hydrogen-bond acceptors (Lipinski definition) is 3. The minimum atomic E-state index is 0.983. The van der Waals surface area contributed by atoms with Gasteiger partial charge < -0.3 is 5.32 Å². The summed E-state index contributed by atoms with van der Waals surface area (Å²) in [5.41, 5.74) is 1.28. The summed E-state index contributed by atoms with van der Waals surface area (Å²) in [6, 6.07) is 0. The molecule has 0 bridgehead atoms. The molecule has 0 fully saturated rings. The van der Waals surface area contributed by atoms with Crippen LogP contribution in [0.3, 0.4) is 0 Å². The molecular weight excluding hydrogens is 180 g/mol. The summed E-state index contributed by atoms with van der Waals surface area (Å²) in [6.45, 7) is 8.48. The van der Waals surface area contributed by atoms with Crippen LogP contribution in [0, 0.1) is 0 Å². The van der Waals surface area contributed by atoms with Crippen LogP contribution in [0.2, 0.25) is 0 Å². The zero-order valence-electron chi connectivity index (χ0n) is 8.68. The zero-order valence-corrected chi connectivity index (χ0v) is 9.50. The number of nitrogens with zero attached hydrogens (tertiary/aromatic N) is 1. The van der Waals surface area contributed by atoms with Gasteiger partial charge in [0.1, 0.15) is 0 Å². The Morgan fingerprint density at radius 3 is 2.54 bits per heavy atom. The summed E-state index contributed by atoms with van der Waals surface area (Å²) in [5.74, 6) is 0. The molecule has 1 N–H and O–H groups in total. The number of aryl methyl sites for hydroxylation is 2. The number of aromatic nitrogens is 1. The summed E-state index contributed by atoms with van der Waals surface area (Å²) in [4.78, 5) is 6.00. The molecule has 74 valence electrons. The second-order valence-corrected chi connectivity index (χ2v) is 4.13. The van der Waals surface area contributed by atoms with E-state index < -0.39 is 0 Å². The Balaban J connectivity index is 2.71. The summed E-state index contributed by atoms with van der Waals surface area (Å²) >= 11 is 1.85. The molecule has 13 heavy (non-hydrogen) atoms. The zero-order chi connectivity index (χ0) is 9.68. The second kappa shape index (κ2) is 5.35. The van der Waals surface area contributed by atoms with E-state index in [1.54, 1.807) is 0 Å². The molecule has 0 unspecified atom stereocenters. The van der Waals surface area contributed by atoms with Crippen molar-refractivity contribution in [2.75, 3.05) is 6.54 Å². The molecular formula is C10H18N2S. The van der Waals surface area contributed by atoms with Crippen molar-refractivity contribution in [3.63, 3.8) is 0 Å². The van der Waals surface area contributed by atoms with Crippen LogP contribution in [-0.4, -0.2) is 11.5 Å². The molecule has 0 amide bonds. The fraction of sp³-hybridized carbons (Fsp3) is 0.700. The van der Waals surface area contributed by atoms with Crippen molar-refractivity contribution < 1.29 is 0 Å². The first-order valence-corrected chi connectivity index (χ1v) is 5.81. The van der Waals surface area contributed by atoms with Crippen molar-refractivity contribution in [2.45, 2.75) is 40.2 Å². The van der Waals surface area contributed by atoms with Gasteiger partial charge in [-0.1, -0.05) is 20.8 Å². The Kier molecular flexibility index (Phi) is 4.39. The molecule has 1 heterocycles. The lowest BCUT2D eigenvalue weighted by Gasteiger charge is -1.99. The van der Waals surface area contributed by atoms with E-state index in [2.05, 4.69) is 31.1 Å². The van der Waals surface area contributed by atoms with E-state index in [0.29, 0.717) is 0 Å². The van der Waals surface area contributed by atoms with E-state index in [1.165, 1.54) is 15.6 Å². The van der Waals surface area contributed by atoms with E-state index >= 15 is 0 Å². The summed E-state index contributed by atoms with van der Waals surface area (Å²) in [5, 5.41) is 4.62. The lowest BCUT2D eigenvalue weighted by Crippen LogP contribution is -2.11. The van der Waals surface area contributed by atoms with Crippen molar-refractivity contribution in [2.24, 2.45) is 0 Å². The van der Waals surface area contributed by atoms with Gasteiger partial charge in [0.05, 0.1) is 10.7 Å². The molecule has 0 aliphatic rings. The van der Waals surface area contributed by atoms with Gasteiger partial charge in [0.2, 0.25) is 0 Å². The lowest BCUT2D eigenvalue weighted by molar-refractivity contribution is 0.727. The van der Waals surface area contributed by atoms with Crippen LogP contribution < -0.4 is 5.32 Å². The molecule has 1 aromatic heterocycles. The van der Waals surface area contributed by atoms with E-state index in [1.807, 2.05) is 11.3 Å². The fourth-order valence-electron chi connectivity index (χ4n) is 1.24. The first-order valence-electron chi connectivity index (χ1n) is 4.99. The summed E-state index contributed by atoms with van der Waals surface area (Å²) in [7, 11) is 0. The maximum Gasteiger partial charge on any atom is 0.0928 e. The van der Waals surface area contributed by atoms with Crippen LogP contribution in [0.25, 0.3) is 0 Å². The summed E-state index contributed by atoms with van der Waals surface area (Å²) in [6.07, 6.45) is 2.11. The first kappa shape index (κ1) is 10.7. The largest absolute Gasteiger partial charge is 0.312 e. The quantitative estimate of drug-likeness (QED) is 0.785. The highest BCUT2D eigenvalue weighted by atomic mass is 32.1. The summed E-state index contributed by atoms with van der Waals surface area (Å²) < 4.78 is 0. The van der Waals surface area contributed by atoms with Crippen molar-refractivity contribution in [3.8, 4) is 0 Å². The number of thiazole rings is 1. The molecule has 0 saturated heterocycles. The van der Waals surface area contributed by atoms with E-state index in [4.69, 9.17) is 0 Å². The van der Waals surface area contributed by atoms with Crippen LogP contribution >= 0.6 is 11.3 Å². The highest BCUT2D eigenvalue weighted by molar-refractivity contribution is 7.11. The minimum Gasteiger partial charge on any atom is -0.312 e. The van der Waals surface area contributed by atoms with Gasteiger partial charge in [0.15, 0.2) is 0 Å². The van der Waals surface area contributed by atoms with E-state index in [-0.39, 0.29) is 0 Å². The van der Waals surface area contributed by atoms with Crippen LogP contribution in [0.15, 0.2) is 0 Å². The highest BCUT2D eigenvalue weighted by Gasteiger charge is 2.07. The molecule has 0 aliphatic heterocycles. The Bertz CT molecular complexity index is 255. The molecule has 0 aromatic carbocycles. The van der Waals surface area contributed by atoms with E-state index in [9.17, 15) is 0 Å². The normalized spacial score (nSPS) is 10.7. The standard InChI is InChI=1S/C10H18N2S/c1-4-8-9(7-11-6-3)13-10(5-2)12-8/h11H,4-7H2,1-3H3. The van der Waals surface area contributed by atoms with Crippen molar-refractivity contribution in [3.05, 3.63) is 15.6 Å². The van der Waals surface area contributed by atoms with Gasteiger partial charge in [0, 0.05) is 11.4 Å². The third-order valence-corrected chi connectivity index (χ3v) is 3.24. The SMILES string of the molecule is CCNCc1sc(CC)nc1CC. The Morgan fingerprint density at radius 1 is 1.23 bits per heavy atom. The first-order chi connectivity index (χ1) is 6.31. The van der Waals surface area contributed by atoms with Gasteiger partial charge >= 0.3 is 0 Å². The van der Waals surface area contributed by atoms with Gasteiger partial charge in [-0.3, -0.25) is 0 Å². The Hall–Kier alpha value is -0.410. The monoisotopic (exact) mass is 198 g/mol. The predicted octanol–water partition coefficient (Wildman–Crippen LogP) is 2.38. The van der Waals surface area contributed by atoms with Gasteiger partial charge in [-0.05, 0) is 19.4 Å². The molecule has 1 aromatic rings. The van der Waals surface area contributed by atoms with Crippen molar-refractivity contribution in [1.82, 2.24) is 10.3 Å². The second-order valence-electron chi connectivity index (χ2n) is 2.96. The average Bonchev–Trinajstić information content (AvgIpc) is 2.57. The third-order valence-electron chi connectivity index (χ3n) is 2.00. The lowest BCUT2D eigenvalue weighted by atomic mass is 10.3. The van der Waals surface area contributed by atoms with Crippen molar-refractivity contribution >= 4 is 11.3 Å². The topological polar surface area (TPSA) is 24.9 Å². The van der Waals surface area contributed by atoms with Crippen LogP contribution in [0.1, 0.15) is 36.3 Å². The molecule has 0 saturated carbocycles. The molecule has 0 atom stereocenters. The molecule has 1 rings (SSSR count). The molecule has 2 nitrogen and oxygen atoms in total. The van der Waals surface area contributed by atoms with Crippen LogP contribution in [0.4, 0.5) is 0 Å². The third kappa shape index (κ3) is 2.78. The predicted molar refractivity (Wildman–Crippen MR) is 58.3 cm³/mol. The van der Waals surface area contributed by atoms with Gasteiger partial charge in [-0.15, -0.1) is 11.3 Å². The molecule has 0 aliphatic carbocycles. The van der Waals surface area contributed by atoms with Gasteiger partial charge in [-0.25, -0.2) is 4.98 Å². The van der Waals surface area contributed by atoms with Gasteiger partial charge in [0.25, 0.3) is 0 Å². The number of hydrogen-bond donors (Lipinski definition) is 1. The van der Waals surface area contributed by atoms with Crippen molar-refractivity contribution in [1.29, 1.82) is 0 Å². The minimum absolute atomic E-state index is 0.983. The highest BCUT2D eigenvalue weighted by Crippen LogP contribution is 2.19. The molecule has 3 heteroatoms. The molecule has 0 spiro atoms. The Labute approximate surface area is 84.4 Å².